The van der Waals surface area contributed by atoms with Crippen LogP contribution in [0.5, 0.6) is 0 Å². The van der Waals surface area contributed by atoms with Gasteiger partial charge in [0.25, 0.3) is 11.8 Å². The lowest BCUT2D eigenvalue weighted by Crippen LogP contribution is -2.46. The van der Waals surface area contributed by atoms with Crippen molar-refractivity contribution in [2.45, 2.75) is 63.4 Å². The van der Waals surface area contributed by atoms with Gasteiger partial charge in [-0.15, -0.1) is 0 Å². The van der Waals surface area contributed by atoms with Crippen LogP contribution in [0.2, 0.25) is 18.1 Å². The molecule has 4 aromatic carbocycles. The molecule has 6 aromatic rings. The fourth-order valence-corrected chi connectivity index (χ4v) is 7.77. The van der Waals surface area contributed by atoms with Gasteiger partial charge in [-0.05, 0) is 66.7 Å². The Bertz CT molecular complexity index is 2410. The van der Waals surface area contributed by atoms with Crippen LogP contribution in [0.1, 0.15) is 68.4 Å². The van der Waals surface area contributed by atoms with Gasteiger partial charge in [0.05, 0.1) is 24.1 Å². The fourth-order valence-electron chi connectivity index (χ4n) is 6.29. The van der Waals surface area contributed by atoms with E-state index in [-0.39, 0.29) is 49.1 Å². The van der Waals surface area contributed by atoms with Crippen LogP contribution >= 0.6 is 22.6 Å². The van der Waals surface area contributed by atoms with E-state index in [2.05, 4.69) is 43.8 Å². The standard InChI is InChI=1S/C44H42IN5O8Si/c1-44(2,3)59(4,5)55-26-32-34(57-41(53)30-22-14-8-15-23-30)35(58-42(54)31-24-16-9-17-25-31)40(56-32)49-27-46-33-36(49)47-43(45)48-37(33)50(38(51)28-18-10-6-11-19-28)39(52)29-20-12-7-13-21-29/h6-25,27,32,34-35,40H,26H2,1-5H3/t32-,34-,35-,40-/m1/s1. The highest BCUT2D eigenvalue weighted by atomic mass is 127. The molecule has 15 heteroatoms. The van der Waals surface area contributed by atoms with Gasteiger partial charge in [-0.3, -0.25) is 14.2 Å². The number of esters is 2. The van der Waals surface area contributed by atoms with Crippen LogP contribution in [-0.4, -0.2) is 76.5 Å². The molecule has 0 bridgehead atoms. The second-order valence-electron chi connectivity index (χ2n) is 15.4. The molecule has 2 amide bonds. The number of imidazole rings is 1. The van der Waals surface area contributed by atoms with Gasteiger partial charge in [0.15, 0.2) is 47.6 Å². The zero-order chi connectivity index (χ0) is 41.9. The van der Waals surface area contributed by atoms with Crippen LogP contribution in [0.4, 0.5) is 5.82 Å². The largest absolute Gasteiger partial charge is 0.452 e. The van der Waals surface area contributed by atoms with Crippen LogP contribution in [0.25, 0.3) is 11.2 Å². The summed E-state index contributed by atoms with van der Waals surface area (Å²) in [6, 6.07) is 33.7. The zero-order valence-electron chi connectivity index (χ0n) is 33.0. The summed E-state index contributed by atoms with van der Waals surface area (Å²) in [4.78, 5) is 71.2. The molecule has 1 fully saturated rings. The third-order valence-electron chi connectivity index (χ3n) is 10.5. The summed E-state index contributed by atoms with van der Waals surface area (Å²) in [7, 11) is -2.39. The van der Waals surface area contributed by atoms with Gasteiger partial charge in [-0.25, -0.2) is 29.4 Å². The molecule has 0 saturated carbocycles. The Kier molecular flexibility index (Phi) is 12.2. The molecular formula is C44H42IN5O8Si. The molecule has 2 aromatic heterocycles. The summed E-state index contributed by atoms with van der Waals surface area (Å²) < 4.78 is 27.6. The van der Waals surface area contributed by atoms with E-state index in [1.807, 2.05) is 22.6 Å². The van der Waals surface area contributed by atoms with Crippen molar-refractivity contribution >= 4 is 71.6 Å². The summed E-state index contributed by atoms with van der Waals surface area (Å²) in [6.07, 6.45) is -3.12. The number of amides is 2. The van der Waals surface area contributed by atoms with Crippen LogP contribution < -0.4 is 4.90 Å². The zero-order valence-corrected chi connectivity index (χ0v) is 36.2. The first-order valence-electron chi connectivity index (χ1n) is 18.9. The normalized spacial score (nSPS) is 18.0. The van der Waals surface area contributed by atoms with E-state index in [9.17, 15) is 19.2 Å². The molecule has 0 spiro atoms. The number of aromatic nitrogens is 4. The van der Waals surface area contributed by atoms with Crippen molar-refractivity contribution in [3.05, 3.63) is 154 Å². The molecule has 1 aliphatic rings. The topological polar surface area (TPSA) is 152 Å². The molecule has 0 radical (unpaired) electrons. The van der Waals surface area contributed by atoms with Crippen molar-refractivity contribution in [2.75, 3.05) is 11.5 Å². The Hall–Kier alpha value is -5.62. The highest BCUT2D eigenvalue weighted by Crippen LogP contribution is 2.41. The lowest BCUT2D eigenvalue weighted by molar-refractivity contribution is -0.0551. The number of fused-ring (bicyclic) bond motifs is 1. The van der Waals surface area contributed by atoms with E-state index < -0.39 is 56.6 Å². The maximum Gasteiger partial charge on any atom is 0.338 e. The van der Waals surface area contributed by atoms with Gasteiger partial charge in [-0.1, -0.05) is 93.6 Å². The quantitative estimate of drug-likeness (QED) is 0.0406. The average Bonchev–Trinajstić information content (AvgIpc) is 3.81. The van der Waals surface area contributed by atoms with Crippen LogP contribution in [-0.2, 0) is 18.6 Å². The number of rotatable bonds is 11. The molecule has 59 heavy (non-hydrogen) atoms. The van der Waals surface area contributed by atoms with Gasteiger partial charge < -0.3 is 18.6 Å². The number of hydrogen-bond donors (Lipinski definition) is 0. The maximum atomic E-state index is 14.3. The number of hydrogen-bond acceptors (Lipinski definition) is 11. The molecular weight excluding hydrogens is 882 g/mol. The number of benzene rings is 4. The summed E-state index contributed by atoms with van der Waals surface area (Å²) in [5, 5.41) is -0.162. The van der Waals surface area contributed by atoms with Crippen molar-refractivity contribution in [1.82, 2.24) is 19.5 Å². The summed E-state index contributed by atoms with van der Waals surface area (Å²) in [5.41, 5.74) is 1.31. The Morgan fingerprint density at radius 3 is 1.64 bits per heavy atom. The second kappa shape index (κ2) is 17.3. The van der Waals surface area contributed by atoms with Crippen molar-refractivity contribution in [3.8, 4) is 0 Å². The summed E-state index contributed by atoms with van der Waals surface area (Å²) in [5.74, 6) is -2.67. The Balaban J connectivity index is 1.36. The predicted octanol–water partition coefficient (Wildman–Crippen LogP) is 8.29. The molecule has 4 atom stereocenters. The molecule has 3 heterocycles. The summed E-state index contributed by atoms with van der Waals surface area (Å²) in [6.45, 7) is 10.5. The first kappa shape index (κ1) is 41.5. The molecule has 302 valence electrons. The minimum Gasteiger partial charge on any atom is -0.452 e. The van der Waals surface area contributed by atoms with E-state index in [1.165, 1.54) is 6.33 Å². The number of carbonyl (C=O) groups is 4. The number of imide groups is 1. The van der Waals surface area contributed by atoms with Crippen LogP contribution in [0, 0.1) is 3.83 Å². The Morgan fingerprint density at radius 1 is 0.712 bits per heavy atom. The van der Waals surface area contributed by atoms with Gasteiger partial charge in [0.2, 0.25) is 0 Å². The highest BCUT2D eigenvalue weighted by molar-refractivity contribution is 14.1. The molecule has 1 aliphatic heterocycles. The molecule has 7 rings (SSSR count). The number of halogens is 1. The average molecular weight is 924 g/mol. The van der Waals surface area contributed by atoms with Crippen molar-refractivity contribution < 1.29 is 37.8 Å². The van der Waals surface area contributed by atoms with E-state index in [1.54, 1.807) is 126 Å². The molecule has 0 aliphatic carbocycles. The minimum absolute atomic E-state index is 0.00838. The lowest BCUT2D eigenvalue weighted by atomic mass is 10.1. The van der Waals surface area contributed by atoms with Gasteiger partial charge in [-0.2, -0.15) is 0 Å². The molecule has 0 N–H and O–H groups in total. The molecule has 13 nitrogen and oxygen atoms in total. The Labute approximate surface area is 356 Å². The second-order valence-corrected chi connectivity index (χ2v) is 21.2. The van der Waals surface area contributed by atoms with Gasteiger partial charge >= 0.3 is 11.9 Å². The number of anilines is 1. The Morgan fingerprint density at radius 2 is 1.17 bits per heavy atom. The smallest absolute Gasteiger partial charge is 0.338 e. The van der Waals surface area contributed by atoms with Crippen molar-refractivity contribution in [2.24, 2.45) is 0 Å². The monoisotopic (exact) mass is 923 g/mol. The number of ether oxygens (including phenoxy) is 3. The SMILES string of the molecule is CC(C)(C)[Si](C)(C)OC[C@H]1O[C@@H](n2cnc3c(N(C(=O)c4ccccc4)C(=O)c4ccccc4)nc(I)nc32)[C@H](OC(=O)c2ccccc2)[C@@H]1OC(=O)c1ccccc1. The van der Waals surface area contributed by atoms with Gasteiger partial charge in [0.1, 0.15) is 6.10 Å². The lowest BCUT2D eigenvalue weighted by Gasteiger charge is -2.37. The first-order chi connectivity index (χ1) is 28.2. The van der Waals surface area contributed by atoms with Crippen molar-refractivity contribution in [1.29, 1.82) is 0 Å². The predicted molar refractivity (Wildman–Crippen MR) is 230 cm³/mol. The highest BCUT2D eigenvalue weighted by Gasteiger charge is 2.52. The number of nitrogens with zero attached hydrogens (tertiary/aromatic N) is 5. The molecule has 0 unspecified atom stereocenters. The number of carbonyl (C=O) groups excluding carboxylic acids is 4. The van der Waals surface area contributed by atoms with E-state index in [4.69, 9.17) is 23.6 Å². The summed E-state index contributed by atoms with van der Waals surface area (Å²) >= 11 is 1.91. The van der Waals surface area contributed by atoms with E-state index in [0.29, 0.717) is 5.56 Å². The third kappa shape index (κ3) is 8.88. The van der Waals surface area contributed by atoms with Crippen molar-refractivity contribution in [3.63, 3.8) is 0 Å². The third-order valence-corrected chi connectivity index (χ3v) is 15.5. The van der Waals surface area contributed by atoms with Crippen LogP contribution in [0.15, 0.2) is 128 Å². The van der Waals surface area contributed by atoms with E-state index >= 15 is 0 Å². The maximum absolute atomic E-state index is 14.3. The fraction of sp³-hybridized carbons (Fsp3) is 0.250. The molecule has 1 saturated heterocycles. The minimum atomic E-state index is -2.39. The van der Waals surface area contributed by atoms with Gasteiger partial charge in [0, 0.05) is 33.7 Å². The van der Waals surface area contributed by atoms with E-state index in [0.717, 1.165) is 4.90 Å². The first-order valence-corrected chi connectivity index (χ1v) is 22.9. The van der Waals surface area contributed by atoms with Crippen LogP contribution in [0.3, 0.4) is 0 Å².